The number of carbonyl (C=O) groups excluding carboxylic acids is 3. The van der Waals surface area contributed by atoms with Crippen LogP contribution in [0.3, 0.4) is 0 Å². The maximum atomic E-state index is 14.4. The molecule has 0 bridgehead atoms. The molecule has 1 fully saturated rings. The smallest absolute Gasteiger partial charge is 0.459 e. The summed E-state index contributed by atoms with van der Waals surface area (Å²) >= 11 is 0. The third-order valence-corrected chi connectivity index (χ3v) is 8.85. The van der Waals surface area contributed by atoms with Gasteiger partial charge in [-0.1, -0.05) is 52.8 Å². The van der Waals surface area contributed by atoms with Crippen LogP contribution in [0, 0.1) is 5.41 Å². The first-order valence-electron chi connectivity index (χ1n) is 15.6. The standard InChI is InChI=1S/C31H43N6O10P/c1-8-21(38)43-25-24(45-29(26(25)44-22(39)9-2)37-17-35-23-27(32)33-16-34-28(23)37)19(4)46-48(41,47-20-13-11-10-12-14-20)36-18(3)30(40)42-15-31(5,6)7/h10-14,16-19,24-26,29H,8-9,15H2,1-7H3,(H,36,41)(H2,32,33,34)/t18?,19?,24-,25+,26?,29-,48?/m1/s1. The molecule has 262 valence electrons. The summed E-state index contributed by atoms with van der Waals surface area (Å²) in [5.41, 5.74) is 6.23. The second-order valence-electron chi connectivity index (χ2n) is 12.4. The third-order valence-electron chi connectivity index (χ3n) is 7.09. The molecule has 16 nitrogen and oxygen atoms in total. The number of aromatic nitrogens is 4. The Morgan fingerprint density at radius 1 is 1.02 bits per heavy atom. The first-order valence-corrected chi connectivity index (χ1v) is 17.1. The van der Waals surface area contributed by atoms with E-state index in [0.29, 0.717) is 0 Å². The topological polar surface area (TPSA) is 205 Å². The van der Waals surface area contributed by atoms with Crippen LogP contribution in [0.4, 0.5) is 5.82 Å². The number of nitrogens with zero attached hydrogens (tertiary/aromatic N) is 4. The van der Waals surface area contributed by atoms with E-state index < -0.39 is 62.3 Å². The van der Waals surface area contributed by atoms with Gasteiger partial charge in [0.2, 0.25) is 0 Å². The van der Waals surface area contributed by atoms with Crippen LogP contribution in [0.5, 0.6) is 5.75 Å². The summed E-state index contributed by atoms with van der Waals surface area (Å²) in [5, 5.41) is 2.66. The van der Waals surface area contributed by atoms with Gasteiger partial charge < -0.3 is 29.2 Å². The van der Waals surface area contributed by atoms with Crippen LogP contribution in [-0.4, -0.2) is 74.5 Å². The van der Waals surface area contributed by atoms with Gasteiger partial charge in [0, 0.05) is 12.8 Å². The highest BCUT2D eigenvalue weighted by Gasteiger charge is 2.54. The van der Waals surface area contributed by atoms with Gasteiger partial charge >= 0.3 is 25.7 Å². The Balaban J connectivity index is 1.70. The molecule has 4 unspecified atom stereocenters. The zero-order valence-electron chi connectivity index (χ0n) is 28.0. The van der Waals surface area contributed by atoms with Crippen molar-refractivity contribution < 1.29 is 46.9 Å². The van der Waals surface area contributed by atoms with Gasteiger partial charge in [0.15, 0.2) is 29.9 Å². The Labute approximate surface area is 278 Å². The predicted octanol–water partition coefficient (Wildman–Crippen LogP) is 4.11. The molecule has 0 spiro atoms. The number of imidazole rings is 1. The quantitative estimate of drug-likeness (QED) is 0.139. The van der Waals surface area contributed by atoms with Crippen molar-refractivity contribution in [2.75, 3.05) is 12.3 Å². The van der Waals surface area contributed by atoms with Gasteiger partial charge in [-0.2, -0.15) is 5.09 Å². The van der Waals surface area contributed by atoms with Gasteiger partial charge in [-0.3, -0.25) is 23.5 Å². The van der Waals surface area contributed by atoms with Crippen LogP contribution < -0.4 is 15.3 Å². The van der Waals surface area contributed by atoms with Crippen molar-refractivity contribution in [1.29, 1.82) is 0 Å². The lowest BCUT2D eigenvalue weighted by Gasteiger charge is -2.30. The monoisotopic (exact) mass is 690 g/mol. The average Bonchev–Trinajstić information content (AvgIpc) is 3.61. The van der Waals surface area contributed by atoms with Crippen molar-refractivity contribution in [3.8, 4) is 5.75 Å². The summed E-state index contributed by atoms with van der Waals surface area (Å²) in [6.07, 6.45) is -3.31. The van der Waals surface area contributed by atoms with E-state index >= 15 is 0 Å². The van der Waals surface area contributed by atoms with Crippen molar-refractivity contribution in [3.05, 3.63) is 43.0 Å². The number of carbonyl (C=O) groups is 3. The predicted molar refractivity (Wildman–Crippen MR) is 172 cm³/mol. The van der Waals surface area contributed by atoms with E-state index in [2.05, 4.69) is 20.0 Å². The van der Waals surface area contributed by atoms with Crippen molar-refractivity contribution in [1.82, 2.24) is 24.6 Å². The zero-order chi connectivity index (χ0) is 35.2. The van der Waals surface area contributed by atoms with Gasteiger partial charge in [-0.05, 0) is 31.4 Å². The fourth-order valence-electron chi connectivity index (χ4n) is 4.73. The molecule has 48 heavy (non-hydrogen) atoms. The summed E-state index contributed by atoms with van der Waals surface area (Å²) in [6, 6.07) is 7.10. The van der Waals surface area contributed by atoms with Crippen LogP contribution in [0.2, 0.25) is 0 Å². The number of hydrogen-bond donors (Lipinski definition) is 2. The highest BCUT2D eigenvalue weighted by Crippen LogP contribution is 2.48. The summed E-state index contributed by atoms with van der Waals surface area (Å²) in [6.45, 7) is 12.0. The summed E-state index contributed by atoms with van der Waals surface area (Å²) in [5.74, 6) is -1.59. The van der Waals surface area contributed by atoms with Gasteiger partial charge in [-0.15, -0.1) is 0 Å². The maximum Gasteiger partial charge on any atom is 0.459 e. The van der Waals surface area contributed by atoms with E-state index in [1.54, 1.807) is 44.2 Å². The lowest BCUT2D eigenvalue weighted by atomic mass is 9.99. The maximum absolute atomic E-state index is 14.4. The minimum atomic E-state index is -4.41. The molecule has 0 radical (unpaired) electrons. The van der Waals surface area contributed by atoms with Crippen LogP contribution in [-0.2, 0) is 42.4 Å². The third kappa shape index (κ3) is 9.07. The molecule has 1 aliphatic rings. The van der Waals surface area contributed by atoms with E-state index in [1.165, 1.54) is 31.1 Å². The van der Waals surface area contributed by atoms with Gasteiger partial charge in [0.1, 0.15) is 29.7 Å². The molecule has 2 aromatic heterocycles. The fourth-order valence-corrected chi connectivity index (χ4v) is 6.43. The lowest BCUT2D eigenvalue weighted by Crippen LogP contribution is -2.44. The number of nitrogens with two attached hydrogens (primary N) is 1. The molecule has 1 aromatic carbocycles. The SMILES string of the molecule is CCC(=O)OC1[C@@H](OC(=O)CC)[C@@H](C(C)OP(=O)(NC(C)C(=O)OCC(C)(C)C)Oc2ccccc2)O[C@H]1n1cnc2c(N)ncnc21. The van der Waals surface area contributed by atoms with Crippen molar-refractivity contribution in [2.24, 2.45) is 5.41 Å². The minimum absolute atomic E-state index is 0.000687. The minimum Gasteiger partial charge on any atom is -0.464 e. The van der Waals surface area contributed by atoms with Crippen molar-refractivity contribution >= 4 is 42.6 Å². The Morgan fingerprint density at radius 3 is 2.29 bits per heavy atom. The van der Waals surface area contributed by atoms with Gasteiger partial charge in [0.05, 0.1) is 19.0 Å². The number of rotatable bonds is 14. The molecular weight excluding hydrogens is 647 g/mol. The first-order chi connectivity index (χ1) is 22.6. The second kappa shape index (κ2) is 15.4. The molecule has 4 rings (SSSR count). The highest BCUT2D eigenvalue weighted by atomic mass is 31.2. The van der Waals surface area contributed by atoms with E-state index in [0.717, 1.165) is 0 Å². The molecule has 3 aromatic rings. The number of fused-ring (bicyclic) bond motifs is 1. The van der Waals surface area contributed by atoms with Crippen molar-refractivity contribution in [3.63, 3.8) is 0 Å². The number of hydrogen-bond acceptors (Lipinski definition) is 14. The largest absolute Gasteiger partial charge is 0.464 e. The average molecular weight is 691 g/mol. The number of para-hydroxylation sites is 1. The molecule has 3 heterocycles. The van der Waals surface area contributed by atoms with E-state index in [4.69, 9.17) is 33.7 Å². The number of nitrogens with one attached hydrogen (secondary N) is 1. The highest BCUT2D eigenvalue weighted by molar-refractivity contribution is 7.52. The number of ether oxygens (including phenoxy) is 4. The van der Waals surface area contributed by atoms with Crippen molar-refractivity contribution in [2.45, 2.75) is 98.0 Å². The van der Waals surface area contributed by atoms with Crippen LogP contribution >= 0.6 is 7.75 Å². The van der Waals surface area contributed by atoms with Gasteiger partial charge in [-0.25, -0.2) is 19.5 Å². The van der Waals surface area contributed by atoms with E-state index in [1.807, 2.05) is 20.8 Å². The molecule has 1 saturated heterocycles. The Kier molecular flexibility index (Phi) is 11.8. The Bertz CT molecular complexity index is 1630. The van der Waals surface area contributed by atoms with Gasteiger partial charge in [0.25, 0.3) is 0 Å². The van der Waals surface area contributed by atoms with Crippen LogP contribution in [0.15, 0.2) is 43.0 Å². The molecule has 7 atom stereocenters. The fraction of sp³-hybridized carbons (Fsp3) is 0.548. The molecule has 1 aliphatic heterocycles. The Morgan fingerprint density at radius 2 is 1.67 bits per heavy atom. The van der Waals surface area contributed by atoms with E-state index in [-0.39, 0.29) is 47.6 Å². The number of anilines is 1. The summed E-state index contributed by atoms with van der Waals surface area (Å²) in [7, 11) is -4.41. The molecule has 0 amide bonds. The van der Waals surface area contributed by atoms with E-state index in [9.17, 15) is 18.9 Å². The number of benzene rings is 1. The van der Waals surface area contributed by atoms with Crippen LogP contribution in [0.1, 0.15) is 67.5 Å². The second-order valence-corrected chi connectivity index (χ2v) is 14.1. The Hall–Kier alpha value is -4.11. The molecule has 3 N–H and O–H groups in total. The first kappa shape index (κ1) is 36.7. The summed E-state index contributed by atoms with van der Waals surface area (Å²) < 4.78 is 51.2. The number of nitrogen functional groups attached to an aromatic ring is 1. The zero-order valence-corrected chi connectivity index (χ0v) is 28.9. The lowest BCUT2D eigenvalue weighted by molar-refractivity contribution is -0.168. The van der Waals surface area contributed by atoms with Crippen LogP contribution in [0.25, 0.3) is 11.2 Å². The molecule has 0 aliphatic carbocycles. The molecule has 0 saturated carbocycles. The molecule has 17 heteroatoms. The number of esters is 3. The normalized spacial score (nSPS) is 22.0. The summed E-state index contributed by atoms with van der Waals surface area (Å²) in [4.78, 5) is 50.8. The molecular formula is C31H43N6O10P.